The maximum atomic E-state index is 12.5. The fourth-order valence-corrected chi connectivity index (χ4v) is 4.72. The third kappa shape index (κ3) is 2.99. The Kier molecular flexibility index (Phi) is 4.05. The first-order valence-corrected chi connectivity index (χ1v) is 9.04. The van der Waals surface area contributed by atoms with Gasteiger partial charge in [0.05, 0.1) is 0 Å². The van der Waals surface area contributed by atoms with Crippen molar-refractivity contribution in [2.24, 2.45) is 0 Å². The Hall–Kier alpha value is -0.950. The van der Waals surface area contributed by atoms with Crippen LogP contribution in [0, 0.1) is 0 Å². The summed E-state index contributed by atoms with van der Waals surface area (Å²) in [6, 6.07) is 9.09. The predicted molar refractivity (Wildman–Crippen MR) is 84.8 cm³/mol. The van der Waals surface area contributed by atoms with Gasteiger partial charge in [0.15, 0.2) is 0 Å². The molecule has 0 bridgehead atoms. The number of aryl methyl sites for hydroxylation is 1. The van der Waals surface area contributed by atoms with Gasteiger partial charge < -0.3 is 0 Å². The van der Waals surface area contributed by atoms with Crippen molar-refractivity contribution in [1.29, 1.82) is 0 Å². The van der Waals surface area contributed by atoms with Gasteiger partial charge in [-0.25, -0.2) is 18.1 Å². The highest BCUT2D eigenvalue weighted by Crippen LogP contribution is 2.33. The Bertz CT molecular complexity index is 795. The van der Waals surface area contributed by atoms with Crippen LogP contribution in [0.5, 0.6) is 0 Å². The minimum atomic E-state index is -3.71. The molecule has 0 aliphatic heterocycles. The van der Waals surface area contributed by atoms with Crippen molar-refractivity contribution in [1.82, 2.24) is 9.71 Å². The second-order valence-corrected chi connectivity index (χ2v) is 7.81. The number of aromatic nitrogens is 1. The van der Waals surface area contributed by atoms with E-state index in [2.05, 4.69) is 25.6 Å². The zero-order chi connectivity index (χ0) is 15.0. The smallest absolute Gasteiger partial charge is 0.242 e. The lowest BCUT2D eigenvalue weighted by Gasteiger charge is -2.15. The monoisotopic (exact) mass is 386 g/mol. The molecule has 1 unspecified atom stereocenters. The molecule has 0 saturated heterocycles. The lowest BCUT2D eigenvalue weighted by atomic mass is 10.1. The maximum absolute atomic E-state index is 12.5. The molecule has 0 radical (unpaired) electrons. The molecule has 1 heterocycles. The molecule has 21 heavy (non-hydrogen) atoms. The van der Waals surface area contributed by atoms with Crippen molar-refractivity contribution >= 4 is 37.6 Å². The summed E-state index contributed by atoms with van der Waals surface area (Å²) in [5, 5.41) is -0.0306. The topological polar surface area (TPSA) is 59.1 Å². The van der Waals surface area contributed by atoms with E-state index < -0.39 is 10.0 Å². The van der Waals surface area contributed by atoms with Crippen LogP contribution in [0.2, 0.25) is 5.15 Å². The van der Waals surface area contributed by atoms with Crippen LogP contribution >= 0.6 is 27.5 Å². The first-order chi connectivity index (χ1) is 9.97. The lowest BCUT2D eigenvalue weighted by Crippen LogP contribution is -2.27. The maximum Gasteiger partial charge on any atom is 0.244 e. The van der Waals surface area contributed by atoms with Gasteiger partial charge in [-0.1, -0.05) is 35.9 Å². The molecular weight excluding hydrogens is 376 g/mol. The molecule has 0 fully saturated rings. The zero-order valence-electron chi connectivity index (χ0n) is 10.9. The Labute approximate surface area is 136 Å². The third-order valence-electron chi connectivity index (χ3n) is 3.49. The normalized spacial score (nSPS) is 17.7. The molecule has 1 aliphatic rings. The minimum absolute atomic E-state index is 0.0112. The van der Waals surface area contributed by atoms with E-state index in [1.165, 1.54) is 17.8 Å². The van der Waals surface area contributed by atoms with E-state index in [1.54, 1.807) is 0 Å². The molecule has 1 aromatic heterocycles. The molecule has 1 atom stereocenters. The van der Waals surface area contributed by atoms with Crippen molar-refractivity contribution in [3.05, 3.63) is 57.3 Å². The first-order valence-electron chi connectivity index (χ1n) is 6.38. The van der Waals surface area contributed by atoms with Crippen molar-refractivity contribution < 1.29 is 8.42 Å². The first kappa shape index (κ1) is 15.0. The molecular formula is C14H12BrClN2O2S. The number of hydrogen-bond donors (Lipinski definition) is 1. The van der Waals surface area contributed by atoms with Crippen LogP contribution in [0.3, 0.4) is 0 Å². The summed E-state index contributed by atoms with van der Waals surface area (Å²) in [6.45, 7) is 0. The number of sulfonamides is 1. The van der Waals surface area contributed by atoms with Crippen LogP contribution < -0.4 is 4.72 Å². The predicted octanol–water partition coefficient (Wildman–Crippen LogP) is 3.46. The number of rotatable bonds is 3. The Morgan fingerprint density at radius 3 is 2.90 bits per heavy atom. The van der Waals surface area contributed by atoms with Gasteiger partial charge in [-0.2, -0.15) is 0 Å². The Morgan fingerprint density at radius 2 is 2.10 bits per heavy atom. The molecule has 0 amide bonds. The van der Waals surface area contributed by atoms with E-state index >= 15 is 0 Å². The summed E-state index contributed by atoms with van der Waals surface area (Å²) >= 11 is 9.13. The molecule has 7 heteroatoms. The minimum Gasteiger partial charge on any atom is -0.242 e. The second-order valence-electron chi connectivity index (χ2n) is 4.85. The largest absolute Gasteiger partial charge is 0.244 e. The standard InChI is InChI=1S/C14H12BrClN2O2S/c15-10-7-13(14(16)17-8-10)21(19,20)18-12-6-5-9-3-1-2-4-11(9)12/h1-4,7-8,12,18H,5-6H2. The number of nitrogens with one attached hydrogen (secondary N) is 1. The third-order valence-corrected chi connectivity index (χ3v) is 5.83. The van der Waals surface area contributed by atoms with E-state index in [0.29, 0.717) is 4.47 Å². The van der Waals surface area contributed by atoms with Crippen molar-refractivity contribution in [2.45, 2.75) is 23.8 Å². The number of nitrogens with zero attached hydrogens (tertiary/aromatic N) is 1. The van der Waals surface area contributed by atoms with E-state index in [4.69, 9.17) is 11.6 Å². The van der Waals surface area contributed by atoms with Crippen LogP contribution in [0.15, 0.2) is 45.9 Å². The number of benzene rings is 1. The highest BCUT2D eigenvalue weighted by molar-refractivity contribution is 9.10. The number of halogens is 2. The fourth-order valence-electron chi connectivity index (χ4n) is 2.52. The number of pyridine rings is 1. The van der Waals surface area contributed by atoms with Crippen molar-refractivity contribution in [3.63, 3.8) is 0 Å². The summed E-state index contributed by atoms with van der Waals surface area (Å²) in [5.74, 6) is 0. The zero-order valence-corrected chi connectivity index (χ0v) is 14.0. The van der Waals surface area contributed by atoms with E-state index in [1.807, 2.05) is 24.3 Å². The van der Waals surface area contributed by atoms with E-state index in [-0.39, 0.29) is 16.1 Å². The van der Waals surface area contributed by atoms with E-state index in [0.717, 1.165) is 18.4 Å². The van der Waals surface area contributed by atoms with Gasteiger partial charge in [0.25, 0.3) is 0 Å². The Balaban J connectivity index is 1.93. The summed E-state index contributed by atoms with van der Waals surface area (Å²) in [5.41, 5.74) is 2.21. The molecule has 110 valence electrons. The van der Waals surface area contributed by atoms with Gasteiger partial charge in [0.2, 0.25) is 10.0 Å². The highest BCUT2D eigenvalue weighted by Gasteiger charge is 2.28. The summed E-state index contributed by atoms with van der Waals surface area (Å²) in [4.78, 5) is 3.85. The van der Waals surface area contributed by atoms with Gasteiger partial charge in [-0.05, 0) is 46.0 Å². The van der Waals surface area contributed by atoms with Crippen LogP contribution in [0.4, 0.5) is 0 Å². The van der Waals surface area contributed by atoms with Crippen LogP contribution in [-0.4, -0.2) is 13.4 Å². The average Bonchev–Trinajstić information content (AvgIpc) is 2.84. The Morgan fingerprint density at radius 1 is 1.33 bits per heavy atom. The van der Waals surface area contributed by atoms with E-state index in [9.17, 15) is 8.42 Å². The van der Waals surface area contributed by atoms with Crippen molar-refractivity contribution in [2.75, 3.05) is 0 Å². The van der Waals surface area contributed by atoms with Crippen LogP contribution in [0.25, 0.3) is 0 Å². The van der Waals surface area contributed by atoms with Crippen LogP contribution in [0.1, 0.15) is 23.6 Å². The van der Waals surface area contributed by atoms with Gasteiger partial charge in [0, 0.05) is 16.7 Å². The second kappa shape index (κ2) is 5.68. The average molecular weight is 388 g/mol. The molecule has 1 aliphatic carbocycles. The quantitative estimate of drug-likeness (QED) is 0.821. The number of hydrogen-bond acceptors (Lipinski definition) is 3. The SMILES string of the molecule is O=S(=O)(NC1CCc2ccccc21)c1cc(Br)cnc1Cl. The molecule has 1 aromatic carbocycles. The van der Waals surface area contributed by atoms with Gasteiger partial charge in [-0.15, -0.1) is 0 Å². The molecule has 0 spiro atoms. The van der Waals surface area contributed by atoms with Crippen LogP contribution in [-0.2, 0) is 16.4 Å². The molecule has 0 saturated carbocycles. The summed E-state index contributed by atoms with van der Waals surface area (Å²) < 4.78 is 28.3. The summed E-state index contributed by atoms with van der Waals surface area (Å²) in [6.07, 6.45) is 3.08. The molecule has 1 N–H and O–H groups in total. The van der Waals surface area contributed by atoms with Gasteiger partial charge in [-0.3, -0.25) is 0 Å². The lowest BCUT2D eigenvalue weighted by molar-refractivity contribution is 0.554. The number of fused-ring (bicyclic) bond motifs is 1. The summed E-state index contributed by atoms with van der Waals surface area (Å²) in [7, 11) is -3.71. The molecule has 4 nitrogen and oxygen atoms in total. The van der Waals surface area contributed by atoms with Gasteiger partial charge >= 0.3 is 0 Å². The highest BCUT2D eigenvalue weighted by atomic mass is 79.9. The molecule has 3 rings (SSSR count). The molecule has 2 aromatic rings. The fraction of sp³-hybridized carbons (Fsp3) is 0.214. The van der Waals surface area contributed by atoms with Gasteiger partial charge in [0.1, 0.15) is 10.0 Å². The van der Waals surface area contributed by atoms with Crippen molar-refractivity contribution in [3.8, 4) is 0 Å².